The minimum Gasteiger partial charge on any atom is -0.396 e. The van der Waals surface area contributed by atoms with Gasteiger partial charge in [-0.05, 0) is 12.1 Å². The fourth-order valence-corrected chi connectivity index (χ4v) is 0.772. The monoisotopic (exact) mass is 147 g/mol. The van der Waals surface area contributed by atoms with Gasteiger partial charge in [-0.2, -0.15) is 0 Å². The van der Waals surface area contributed by atoms with Crippen LogP contribution >= 0.6 is 0 Å². The van der Waals surface area contributed by atoms with Crippen LogP contribution in [0.15, 0.2) is 18.3 Å². The molecule has 0 unspecified atom stereocenters. The van der Waals surface area contributed by atoms with Crippen LogP contribution in [0.1, 0.15) is 11.3 Å². The Morgan fingerprint density at radius 1 is 1.55 bits per heavy atom. The van der Waals surface area contributed by atoms with Crippen LogP contribution in [0.25, 0.3) is 0 Å². The fourth-order valence-electron chi connectivity index (χ4n) is 0.772. The first kappa shape index (κ1) is 7.77. The van der Waals surface area contributed by atoms with Crippen LogP contribution in [0.3, 0.4) is 0 Å². The van der Waals surface area contributed by atoms with Crippen molar-refractivity contribution in [2.75, 3.05) is 6.61 Å². The maximum absolute atomic E-state index is 8.57. The van der Waals surface area contributed by atoms with Crippen LogP contribution in [0.2, 0.25) is 0 Å². The Balaban J connectivity index is 2.76. The Kier molecular flexibility index (Phi) is 2.65. The quantitative estimate of drug-likeness (QED) is 0.621. The molecule has 0 saturated heterocycles. The molecule has 1 N–H and O–H groups in total. The van der Waals surface area contributed by atoms with Crippen LogP contribution in [0.4, 0.5) is 0 Å². The molecule has 0 aliphatic rings. The second-order valence-electron chi connectivity index (χ2n) is 2.16. The lowest BCUT2D eigenvalue weighted by Crippen LogP contribution is -1.93. The molecular formula is C9H9NO. The molecule has 2 nitrogen and oxygen atoms in total. The lowest BCUT2D eigenvalue weighted by atomic mass is 10.2. The highest BCUT2D eigenvalue weighted by molar-refractivity contribution is 5.29. The zero-order valence-corrected chi connectivity index (χ0v) is 6.12. The van der Waals surface area contributed by atoms with E-state index in [4.69, 9.17) is 11.5 Å². The predicted octanol–water partition coefficient (Wildman–Crippen LogP) is 0.598. The molecule has 0 atom stereocenters. The average Bonchev–Trinajstić information content (AvgIpc) is 2.07. The van der Waals surface area contributed by atoms with Gasteiger partial charge in [-0.25, -0.2) is 0 Å². The van der Waals surface area contributed by atoms with Gasteiger partial charge in [0, 0.05) is 30.5 Å². The molecule has 1 heterocycles. The van der Waals surface area contributed by atoms with Crippen molar-refractivity contribution in [1.82, 2.24) is 4.98 Å². The van der Waals surface area contributed by atoms with Crippen LogP contribution in [-0.4, -0.2) is 16.7 Å². The van der Waals surface area contributed by atoms with E-state index in [2.05, 4.69) is 10.9 Å². The van der Waals surface area contributed by atoms with Crippen molar-refractivity contribution in [2.24, 2.45) is 0 Å². The molecule has 0 saturated carbocycles. The van der Waals surface area contributed by atoms with Gasteiger partial charge < -0.3 is 5.11 Å². The third-order valence-corrected chi connectivity index (χ3v) is 1.36. The lowest BCUT2D eigenvalue weighted by Gasteiger charge is -1.95. The van der Waals surface area contributed by atoms with Gasteiger partial charge in [0.05, 0.1) is 0 Å². The summed E-state index contributed by atoms with van der Waals surface area (Å²) in [6, 6.07) is 3.64. The number of rotatable bonds is 2. The summed E-state index contributed by atoms with van der Waals surface area (Å²) in [4.78, 5) is 4.04. The summed E-state index contributed by atoms with van der Waals surface area (Å²) in [5, 5.41) is 8.57. The van der Waals surface area contributed by atoms with E-state index in [0.29, 0.717) is 6.42 Å². The van der Waals surface area contributed by atoms with Crippen LogP contribution < -0.4 is 0 Å². The first-order valence-corrected chi connectivity index (χ1v) is 3.39. The first-order chi connectivity index (χ1) is 5.36. The van der Waals surface area contributed by atoms with Crippen LogP contribution in [0, 0.1) is 12.3 Å². The number of aliphatic hydroxyl groups is 1. The summed E-state index contributed by atoms with van der Waals surface area (Å²) in [7, 11) is 0. The third kappa shape index (κ3) is 2.06. The lowest BCUT2D eigenvalue weighted by molar-refractivity contribution is 0.298. The molecule has 0 radical (unpaired) electrons. The van der Waals surface area contributed by atoms with Gasteiger partial charge in [-0.1, -0.05) is 5.92 Å². The van der Waals surface area contributed by atoms with E-state index in [-0.39, 0.29) is 6.61 Å². The number of hydrogen-bond acceptors (Lipinski definition) is 2. The van der Waals surface area contributed by atoms with Gasteiger partial charge >= 0.3 is 0 Å². The topological polar surface area (TPSA) is 33.1 Å². The highest BCUT2D eigenvalue weighted by Crippen LogP contribution is 1.98. The normalized spacial score (nSPS) is 9.09. The van der Waals surface area contributed by atoms with E-state index >= 15 is 0 Å². The number of aliphatic hydroxyl groups excluding tert-OH is 1. The van der Waals surface area contributed by atoms with Gasteiger partial charge in [0.2, 0.25) is 0 Å². The zero-order valence-electron chi connectivity index (χ0n) is 6.12. The van der Waals surface area contributed by atoms with Crippen molar-refractivity contribution >= 4 is 0 Å². The Morgan fingerprint density at radius 3 is 2.82 bits per heavy atom. The van der Waals surface area contributed by atoms with E-state index in [0.717, 1.165) is 11.3 Å². The minimum atomic E-state index is 0.127. The van der Waals surface area contributed by atoms with E-state index in [1.54, 1.807) is 6.20 Å². The third-order valence-electron chi connectivity index (χ3n) is 1.36. The molecule has 11 heavy (non-hydrogen) atoms. The second-order valence-corrected chi connectivity index (χ2v) is 2.16. The Hall–Kier alpha value is -1.33. The fraction of sp³-hybridized carbons (Fsp3) is 0.222. The van der Waals surface area contributed by atoms with Gasteiger partial charge in [0.15, 0.2) is 0 Å². The maximum Gasteiger partial charge on any atom is 0.0486 e. The maximum atomic E-state index is 8.57. The molecule has 0 amide bonds. The molecule has 0 aliphatic heterocycles. The number of aromatic nitrogens is 1. The van der Waals surface area contributed by atoms with Crippen molar-refractivity contribution in [3.63, 3.8) is 0 Å². The molecule has 0 aliphatic carbocycles. The van der Waals surface area contributed by atoms with Crippen LogP contribution in [0.5, 0.6) is 0 Å². The largest absolute Gasteiger partial charge is 0.396 e. The molecule has 56 valence electrons. The van der Waals surface area contributed by atoms with Crippen molar-refractivity contribution < 1.29 is 5.11 Å². The van der Waals surface area contributed by atoms with E-state index in [1.807, 2.05) is 12.1 Å². The summed E-state index contributed by atoms with van der Waals surface area (Å²) in [6.45, 7) is 0.127. The molecule has 1 rings (SSSR count). The number of pyridine rings is 1. The summed E-state index contributed by atoms with van der Waals surface area (Å²) in [6.07, 6.45) is 7.35. The summed E-state index contributed by atoms with van der Waals surface area (Å²) in [5.74, 6) is 2.47. The minimum absolute atomic E-state index is 0.127. The molecule has 1 aromatic rings. The second kappa shape index (κ2) is 3.75. The average molecular weight is 147 g/mol. The number of terminal acetylenes is 1. The van der Waals surface area contributed by atoms with Gasteiger partial charge in [0.1, 0.15) is 0 Å². The molecule has 2 heteroatoms. The van der Waals surface area contributed by atoms with Gasteiger partial charge in [0.25, 0.3) is 0 Å². The SMILES string of the molecule is C#Cc1ccc(CCO)nc1. The summed E-state index contributed by atoms with van der Waals surface area (Å²) < 4.78 is 0. The summed E-state index contributed by atoms with van der Waals surface area (Å²) in [5.41, 5.74) is 1.64. The molecule has 0 aromatic carbocycles. The first-order valence-electron chi connectivity index (χ1n) is 3.39. The van der Waals surface area contributed by atoms with Crippen molar-refractivity contribution in [3.8, 4) is 12.3 Å². The number of nitrogens with zero attached hydrogens (tertiary/aromatic N) is 1. The van der Waals surface area contributed by atoms with E-state index in [1.165, 1.54) is 0 Å². The van der Waals surface area contributed by atoms with Crippen molar-refractivity contribution in [2.45, 2.75) is 6.42 Å². The summed E-state index contributed by atoms with van der Waals surface area (Å²) >= 11 is 0. The van der Waals surface area contributed by atoms with Crippen LogP contribution in [-0.2, 0) is 6.42 Å². The van der Waals surface area contributed by atoms with Gasteiger partial charge in [-0.3, -0.25) is 4.98 Å². The standard InChI is InChI=1S/C9H9NO/c1-2-8-3-4-9(5-6-11)10-7-8/h1,3-4,7,11H,5-6H2. The van der Waals surface area contributed by atoms with Crippen molar-refractivity contribution in [1.29, 1.82) is 0 Å². The van der Waals surface area contributed by atoms with E-state index < -0.39 is 0 Å². The highest BCUT2D eigenvalue weighted by atomic mass is 16.3. The zero-order chi connectivity index (χ0) is 8.10. The van der Waals surface area contributed by atoms with Crippen molar-refractivity contribution in [3.05, 3.63) is 29.6 Å². The van der Waals surface area contributed by atoms with E-state index in [9.17, 15) is 0 Å². The Morgan fingerprint density at radius 2 is 2.36 bits per heavy atom. The highest BCUT2D eigenvalue weighted by Gasteiger charge is 1.91. The smallest absolute Gasteiger partial charge is 0.0486 e. The van der Waals surface area contributed by atoms with Gasteiger partial charge in [-0.15, -0.1) is 6.42 Å². The molecule has 0 fully saturated rings. The molecule has 0 bridgehead atoms. The molecule has 0 spiro atoms. The predicted molar refractivity (Wildman–Crippen MR) is 43.0 cm³/mol. The Labute approximate surface area is 65.9 Å². The molecule has 1 aromatic heterocycles. The number of hydrogen-bond donors (Lipinski definition) is 1. The Bertz CT molecular complexity index is 258. The molecular weight excluding hydrogens is 138 g/mol.